The number of piperazine rings is 1. The number of nitrogens with zero attached hydrogens (tertiary/aromatic N) is 3. The number of carbonyl (C=O) groups excluding carboxylic acids is 1. The number of ether oxygens (including phenoxy) is 1. The van der Waals surface area contributed by atoms with Gasteiger partial charge in [0.25, 0.3) is 5.56 Å². The average Bonchev–Trinajstić information content (AvgIpc) is 2.85. The largest absolute Gasteiger partial charge is 0.497 e. The number of anilines is 1. The highest BCUT2D eigenvalue weighted by atomic mass is 32.2. The molecule has 1 saturated heterocycles. The number of para-hydroxylation sites is 1. The van der Waals surface area contributed by atoms with Crippen LogP contribution in [0.1, 0.15) is 16.8 Å². The molecular formula is C25H28N4O3S. The normalized spacial score (nSPS) is 13.8. The van der Waals surface area contributed by atoms with E-state index in [2.05, 4.69) is 27.0 Å². The van der Waals surface area contributed by atoms with Gasteiger partial charge in [0.05, 0.1) is 13.5 Å². The summed E-state index contributed by atoms with van der Waals surface area (Å²) in [5.41, 5.74) is 3.04. The van der Waals surface area contributed by atoms with Crippen LogP contribution in [0.15, 0.2) is 64.5 Å². The van der Waals surface area contributed by atoms with Crippen LogP contribution < -0.4 is 15.2 Å². The first kappa shape index (κ1) is 22.9. The number of hydrogen-bond donors (Lipinski definition) is 1. The van der Waals surface area contributed by atoms with Gasteiger partial charge in [0.15, 0.2) is 5.16 Å². The van der Waals surface area contributed by atoms with Crippen LogP contribution in [0.4, 0.5) is 5.69 Å². The monoisotopic (exact) mass is 464 g/mol. The second-order valence-corrected chi connectivity index (χ2v) is 8.92. The minimum atomic E-state index is -0.244. The molecule has 0 bridgehead atoms. The Labute approximate surface area is 197 Å². The topological polar surface area (TPSA) is 78.5 Å². The lowest BCUT2D eigenvalue weighted by atomic mass is 10.1. The maximum atomic E-state index is 12.9. The molecule has 7 nitrogen and oxygen atoms in total. The molecule has 1 fully saturated rings. The van der Waals surface area contributed by atoms with E-state index in [-0.39, 0.29) is 17.9 Å². The summed E-state index contributed by atoms with van der Waals surface area (Å²) in [7, 11) is 1.64. The number of H-pyrrole nitrogens is 1. The van der Waals surface area contributed by atoms with Crippen LogP contribution in [0.5, 0.6) is 5.75 Å². The van der Waals surface area contributed by atoms with Crippen molar-refractivity contribution in [2.24, 2.45) is 0 Å². The second-order valence-electron chi connectivity index (χ2n) is 7.96. The number of amides is 1. The van der Waals surface area contributed by atoms with Gasteiger partial charge in [-0.3, -0.25) is 9.59 Å². The summed E-state index contributed by atoms with van der Waals surface area (Å²) in [4.78, 5) is 37.1. The molecule has 0 radical (unpaired) electrons. The third-order valence-corrected chi connectivity index (χ3v) is 6.74. The van der Waals surface area contributed by atoms with Gasteiger partial charge in [-0.05, 0) is 36.8 Å². The molecule has 3 aromatic rings. The molecular weight excluding hydrogens is 436 g/mol. The Morgan fingerprint density at radius 1 is 1.09 bits per heavy atom. The maximum absolute atomic E-state index is 12.9. The Bertz CT molecular complexity index is 1160. The number of thioether (sulfide) groups is 1. The Balaban J connectivity index is 1.35. The van der Waals surface area contributed by atoms with E-state index < -0.39 is 0 Å². The van der Waals surface area contributed by atoms with Gasteiger partial charge < -0.3 is 19.5 Å². The summed E-state index contributed by atoms with van der Waals surface area (Å²) in [5, 5.41) is 0.549. The highest BCUT2D eigenvalue weighted by Gasteiger charge is 2.23. The SMILES string of the molecule is COc1cccc(CSc2nc(C)c(CC(=O)N3CCN(c4ccccc4)CC3)c(=O)[nH]2)c1. The van der Waals surface area contributed by atoms with Crippen molar-refractivity contribution in [1.82, 2.24) is 14.9 Å². The van der Waals surface area contributed by atoms with Crippen LogP contribution in [0.3, 0.4) is 0 Å². The van der Waals surface area contributed by atoms with Gasteiger partial charge in [0.2, 0.25) is 5.91 Å². The standard InChI is InChI=1S/C25H28N4O3S/c1-18-22(16-23(30)29-13-11-28(12-14-29)20-8-4-3-5-9-20)24(31)27-25(26-18)33-17-19-7-6-10-21(15-19)32-2/h3-10,15H,11-14,16-17H2,1-2H3,(H,26,27,31). The molecule has 0 atom stereocenters. The molecule has 1 N–H and O–H groups in total. The lowest BCUT2D eigenvalue weighted by Gasteiger charge is -2.36. The number of aromatic amines is 1. The number of aromatic nitrogens is 2. The molecule has 8 heteroatoms. The Hall–Kier alpha value is -3.26. The zero-order valence-electron chi connectivity index (χ0n) is 18.9. The van der Waals surface area contributed by atoms with Gasteiger partial charge in [-0.2, -0.15) is 0 Å². The van der Waals surface area contributed by atoms with E-state index in [1.54, 1.807) is 14.0 Å². The van der Waals surface area contributed by atoms with Gasteiger partial charge in [0.1, 0.15) is 5.75 Å². The van der Waals surface area contributed by atoms with E-state index in [1.165, 1.54) is 17.4 Å². The van der Waals surface area contributed by atoms with E-state index in [9.17, 15) is 9.59 Å². The van der Waals surface area contributed by atoms with E-state index in [4.69, 9.17) is 4.74 Å². The van der Waals surface area contributed by atoms with Crippen LogP contribution in [-0.4, -0.2) is 54.1 Å². The van der Waals surface area contributed by atoms with Crippen molar-refractivity contribution >= 4 is 23.4 Å². The van der Waals surface area contributed by atoms with Gasteiger partial charge in [-0.1, -0.05) is 42.1 Å². The predicted molar refractivity (Wildman–Crippen MR) is 131 cm³/mol. The van der Waals surface area contributed by atoms with Crippen molar-refractivity contribution in [3.63, 3.8) is 0 Å². The molecule has 2 heterocycles. The number of nitrogens with one attached hydrogen (secondary N) is 1. The van der Waals surface area contributed by atoms with Gasteiger partial charge >= 0.3 is 0 Å². The predicted octanol–water partition coefficient (Wildman–Crippen LogP) is 3.27. The lowest BCUT2D eigenvalue weighted by Crippen LogP contribution is -2.49. The highest BCUT2D eigenvalue weighted by Crippen LogP contribution is 2.22. The zero-order valence-corrected chi connectivity index (χ0v) is 19.7. The Morgan fingerprint density at radius 3 is 2.55 bits per heavy atom. The summed E-state index contributed by atoms with van der Waals surface area (Å²) in [6.07, 6.45) is 0.0698. The molecule has 1 aromatic heterocycles. The summed E-state index contributed by atoms with van der Waals surface area (Å²) in [5.74, 6) is 1.42. The molecule has 2 aromatic carbocycles. The van der Waals surface area contributed by atoms with Crippen molar-refractivity contribution in [3.8, 4) is 5.75 Å². The van der Waals surface area contributed by atoms with Crippen molar-refractivity contribution in [2.45, 2.75) is 24.3 Å². The molecule has 0 unspecified atom stereocenters. The Morgan fingerprint density at radius 2 is 1.85 bits per heavy atom. The van der Waals surface area contributed by atoms with Crippen LogP contribution in [0.2, 0.25) is 0 Å². The molecule has 4 rings (SSSR count). The van der Waals surface area contributed by atoms with Gasteiger partial charge in [-0.25, -0.2) is 4.98 Å². The number of carbonyl (C=O) groups is 1. The second kappa shape index (κ2) is 10.6. The third kappa shape index (κ3) is 5.76. The lowest BCUT2D eigenvalue weighted by molar-refractivity contribution is -0.130. The third-order valence-electron chi connectivity index (χ3n) is 5.79. The fourth-order valence-electron chi connectivity index (χ4n) is 3.89. The van der Waals surface area contributed by atoms with Crippen molar-refractivity contribution in [2.75, 3.05) is 38.2 Å². The summed E-state index contributed by atoms with van der Waals surface area (Å²) >= 11 is 1.45. The molecule has 0 aliphatic carbocycles. The van der Waals surface area contributed by atoms with E-state index in [1.807, 2.05) is 47.4 Å². The minimum Gasteiger partial charge on any atom is -0.497 e. The van der Waals surface area contributed by atoms with Gasteiger partial charge in [0, 0.05) is 48.9 Å². The van der Waals surface area contributed by atoms with Crippen LogP contribution in [0.25, 0.3) is 0 Å². The molecule has 1 amide bonds. The summed E-state index contributed by atoms with van der Waals surface area (Å²) in [6, 6.07) is 18.0. The van der Waals surface area contributed by atoms with Crippen LogP contribution in [-0.2, 0) is 17.0 Å². The quantitative estimate of drug-likeness (QED) is 0.427. The van der Waals surface area contributed by atoms with Crippen molar-refractivity contribution in [3.05, 3.63) is 81.8 Å². The molecule has 1 aliphatic heterocycles. The zero-order chi connectivity index (χ0) is 23.2. The van der Waals surface area contributed by atoms with Crippen LogP contribution in [0, 0.1) is 6.92 Å². The minimum absolute atomic E-state index is 0.0325. The van der Waals surface area contributed by atoms with Crippen molar-refractivity contribution in [1.29, 1.82) is 0 Å². The molecule has 0 saturated carbocycles. The van der Waals surface area contributed by atoms with Crippen molar-refractivity contribution < 1.29 is 9.53 Å². The first-order valence-electron chi connectivity index (χ1n) is 11.0. The van der Waals surface area contributed by atoms with E-state index >= 15 is 0 Å². The molecule has 172 valence electrons. The number of benzene rings is 2. The number of aryl methyl sites for hydroxylation is 1. The van der Waals surface area contributed by atoms with E-state index in [0.717, 1.165) is 24.4 Å². The summed E-state index contributed by atoms with van der Waals surface area (Å²) in [6.45, 7) is 4.65. The molecule has 0 spiro atoms. The first-order valence-corrected chi connectivity index (χ1v) is 12.0. The maximum Gasteiger partial charge on any atom is 0.255 e. The highest BCUT2D eigenvalue weighted by molar-refractivity contribution is 7.98. The van der Waals surface area contributed by atoms with Gasteiger partial charge in [-0.15, -0.1) is 0 Å². The molecule has 33 heavy (non-hydrogen) atoms. The summed E-state index contributed by atoms with van der Waals surface area (Å²) < 4.78 is 5.25. The molecule has 1 aliphatic rings. The number of hydrogen-bond acceptors (Lipinski definition) is 6. The van der Waals surface area contributed by atoms with Crippen LogP contribution >= 0.6 is 11.8 Å². The fourth-order valence-corrected chi connectivity index (χ4v) is 4.74. The Kier molecular flexibility index (Phi) is 7.34. The average molecular weight is 465 g/mol. The van der Waals surface area contributed by atoms with E-state index in [0.29, 0.717) is 35.3 Å². The smallest absolute Gasteiger partial charge is 0.255 e. The number of methoxy groups -OCH3 is 1. The first-order chi connectivity index (χ1) is 16.0. The number of rotatable bonds is 7. The fraction of sp³-hybridized carbons (Fsp3) is 0.320.